The van der Waals surface area contributed by atoms with Crippen LogP contribution in [0.15, 0.2) is 48.7 Å². The monoisotopic (exact) mass is 255 g/mol. The first-order chi connectivity index (χ1) is 9.15. The molecule has 5 heteroatoms. The van der Waals surface area contributed by atoms with Crippen LogP contribution in [-0.4, -0.2) is 16.8 Å². The van der Waals surface area contributed by atoms with E-state index in [2.05, 4.69) is 15.6 Å². The van der Waals surface area contributed by atoms with Crippen molar-refractivity contribution in [1.82, 2.24) is 4.98 Å². The van der Waals surface area contributed by atoms with Crippen LogP contribution >= 0.6 is 0 Å². The summed E-state index contributed by atoms with van der Waals surface area (Å²) >= 11 is 0. The third kappa shape index (κ3) is 3.64. The van der Waals surface area contributed by atoms with Crippen LogP contribution in [0.25, 0.3) is 0 Å². The van der Waals surface area contributed by atoms with E-state index in [4.69, 9.17) is 0 Å². The summed E-state index contributed by atoms with van der Waals surface area (Å²) in [4.78, 5) is 26.8. The molecule has 1 aromatic heterocycles. The summed E-state index contributed by atoms with van der Waals surface area (Å²) < 4.78 is 0. The van der Waals surface area contributed by atoms with Crippen molar-refractivity contribution >= 4 is 23.3 Å². The van der Waals surface area contributed by atoms with E-state index in [1.165, 1.54) is 6.92 Å². The first kappa shape index (κ1) is 12.8. The summed E-state index contributed by atoms with van der Waals surface area (Å²) in [6, 6.07) is 11.9. The highest BCUT2D eigenvalue weighted by atomic mass is 16.2. The van der Waals surface area contributed by atoms with Crippen molar-refractivity contribution in [3.8, 4) is 0 Å². The summed E-state index contributed by atoms with van der Waals surface area (Å²) in [7, 11) is 0. The van der Waals surface area contributed by atoms with Crippen molar-refractivity contribution in [2.75, 3.05) is 10.6 Å². The SMILES string of the molecule is CC(=O)Nc1ccc(C(=O)Nc2ccccn2)cc1. The topological polar surface area (TPSA) is 71.1 Å². The maximum Gasteiger partial charge on any atom is 0.256 e. The third-order valence-corrected chi connectivity index (χ3v) is 2.37. The molecule has 1 aromatic carbocycles. The van der Waals surface area contributed by atoms with E-state index in [1.807, 2.05) is 0 Å². The summed E-state index contributed by atoms with van der Waals surface area (Å²) in [5.74, 6) is 0.109. The van der Waals surface area contributed by atoms with Crippen LogP contribution in [0, 0.1) is 0 Å². The van der Waals surface area contributed by atoms with Gasteiger partial charge in [0.1, 0.15) is 5.82 Å². The average molecular weight is 255 g/mol. The first-order valence-corrected chi connectivity index (χ1v) is 5.75. The molecule has 0 aliphatic heterocycles. The second-order valence-electron chi connectivity index (χ2n) is 3.93. The quantitative estimate of drug-likeness (QED) is 0.884. The van der Waals surface area contributed by atoms with Crippen LogP contribution in [0.5, 0.6) is 0 Å². The highest BCUT2D eigenvalue weighted by molar-refractivity contribution is 6.04. The fourth-order valence-electron chi connectivity index (χ4n) is 1.53. The van der Waals surface area contributed by atoms with Gasteiger partial charge in [-0.05, 0) is 36.4 Å². The second kappa shape index (κ2) is 5.77. The molecule has 2 aromatic rings. The maximum atomic E-state index is 11.9. The Morgan fingerprint density at radius 2 is 1.74 bits per heavy atom. The predicted octanol–water partition coefficient (Wildman–Crippen LogP) is 2.29. The average Bonchev–Trinajstić information content (AvgIpc) is 2.40. The summed E-state index contributed by atoms with van der Waals surface area (Å²) in [5, 5.41) is 5.32. The zero-order valence-electron chi connectivity index (χ0n) is 10.4. The molecule has 2 N–H and O–H groups in total. The van der Waals surface area contributed by atoms with Crippen molar-refractivity contribution in [1.29, 1.82) is 0 Å². The molecular weight excluding hydrogens is 242 g/mol. The number of nitrogens with one attached hydrogen (secondary N) is 2. The van der Waals surface area contributed by atoms with Crippen LogP contribution in [0.4, 0.5) is 11.5 Å². The van der Waals surface area contributed by atoms with Crippen molar-refractivity contribution < 1.29 is 9.59 Å². The van der Waals surface area contributed by atoms with E-state index in [0.717, 1.165) is 0 Å². The Labute approximate surface area is 110 Å². The molecule has 0 radical (unpaired) electrons. The van der Waals surface area contributed by atoms with Gasteiger partial charge in [0, 0.05) is 24.4 Å². The minimum Gasteiger partial charge on any atom is -0.326 e. The number of amides is 2. The van der Waals surface area contributed by atoms with Crippen LogP contribution in [0.1, 0.15) is 17.3 Å². The van der Waals surface area contributed by atoms with Crippen LogP contribution in [0.2, 0.25) is 0 Å². The molecule has 0 atom stereocenters. The van der Waals surface area contributed by atoms with Crippen molar-refractivity contribution in [3.05, 3.63) is 54.2 Å². The standard InChI is InChI=1S/C14H13N3O2/c1-10(18)16-12-7-5-11(6-8-12)14(19)17-13-4-2-3-9-15-13/h2-9H,1H3,(H,16,18)(H,15,17,19). The lowest BCUT2D eigenvalue weighted by Crippen LogP contribution is -2.13. The smallest absolute Gasteiger partial charge is 0.256 e. The molecule has 19 heavy (non-hydrogen) atoms. The van der Waals surface area contributed by atoms with Gasteiger partial charge in [0.15, 0.2) is 0 Å². The molecule has 0 bridgehead atoms. The number of anilines is 2. The van der Waals surface area contributed by atoms with Gasteiger partial charge in [-0.1, -0.05) is 6.07 Å². The number of benzene rings is 1. The number of carbonyl (C=O) groups excluding carboxylic acids is 2. The molecule has 96 valence electrons. The Bertz CT molecular complexity index is 579. The van der Waals surface area contributed by atoms with Gasteiger partial charge in [-0.3, -0.25) is 9.59 Å². The molecule has 5 nitrogen and oxygen atoms in total. The van der Waals surface area contributed by atoms with Crippen molar-refractivity contribution in [2.45, 2.75) is 6.92 Å². The molecule has 0 unspecified atom stereocenters. The van der Waals surface area contributed by atoms with Crippen molar-refractivity contribution in [3.63, 3.8) is 0 Å². The first-order valence-electron chi connectivity index (χ1n) is 5.75. The zero-order chi connectivity index (χ0) is 13.7. The Balaban J connectivity index is 2.05. The molecule has 0 saturated heterocycles. The van der Waals surface area contributed by atoms with Gasteiger partial charge in [-0.2, -0.15) is 0 Å². The lowest BCUT2D eigenvalue weighted by Gasteiger charge is -2.05. The van der Waals surface area contributed by atoms with E-state index in [-0.39, 0.29) is 11.8 Å². The van der Waals surface area contributed by atoms with Crippen LogP contribution < -0.4 is 10.6 Å². The predicted molar refractivity (Wildman–Crippen MR) is 72.9 cm³/mol. The fraction of sp³-hybridized carbons (Fsp3) is 0.0714. The van der Waals surface area contributed by atoms with E-state index in [1.54, 1.807) is 48.7 Å². The van der Waals surface area contributed by atoms with Gasteiger partial charge in [0.05, 0.1) is 0 Å². The number of nitrogens with zero attached hydrogens (tertiary/aromatic N) is 1. The Kier molecular flexibility index (Phi) is 3.87. The Morgan fingerprint density at radius 3 is 2.32 bits per heavy atom. The Morgan fingerprint density at radius 1 is 1.00 bits per heavy atom. The lowest BCUT2D eigenvalue weighted by atomic mass is 10.2. The van der Waals surface area contributed by atoms with E-state index >= 15 is 0 Å². The van der Waals surface area contributed by atoms with Gasteiger partial charge in [0.25, 0.3) is 5.91 Å². The molecule has 2 rings (SSSR count). The second-order valence-corrected chi connectivity index (χ2v) is 3.93. The van der Waals surface area contributed by atoms with Gasteiger partial charge < -0.3 is 10.6 Å². The minimum atomic E-state index is -0.243. The third-order valence-electron chi connectivity index (χ3n) is 2.37. The number of hydrogen-bond acceptors (Lipinski definition) is 3. The van der Waals surface area contributed by atoms with Crippen LogP contribution in [0.3, 0.4) is 0 Å². The maximum absolute atomic E-state index is 11.9. The fourth-order valence-corrected chi connectivity index (χ4v) is 1.53. The molecule has 0 saturated carbocycles. The van der Waals surface area contributed by atoms with Crippen molar-refractivity contribution in [2.24, 2.45) is 0 Å². The molecule has 0 aliphatic carbocycles. The molecule has 1 heterocycles. The summed E-state index contributed by atoms with van der Waals surface area (Å²) in [6.45, 7) is 1.43. The molecular formula is C14H13N3O2. The van der Waals surface area contributed by atoms with Crippen LogP contribution in [-0.2, 0) is 4.79 Å². The largest absolute Gasteiger partial charge is 0.326 e. The van der Waals surface area contributed by atoms with Gasteiger partial charge in [-0.25, -0.2) is 4.98 Å². The number of rotatable bonds is 3. The van der Waals surface area contributed by atoms with E-state index in [9.17, 15) is 9.59 Å². The normalized spacial score (nSPS) is 9.74. The number of carbonyl (C=O) groups is 2. The van der Waals surface area contributed by atoms with E-state index in [0.29, 0.717) is 17.1 Å². The van der Waals surface area contributed by atoms with Gasteiger partial charge in [-0.15, -0.1) is 0 Å². The Hall–Kier alpha value is -2.69. The van der Waals surface area contributed by atoms with Gasteiger partial charge >= 0.3 is 0 Å². The molecule has 2 amide bonds. The van der Waals surface area contributed by atoms with Gasteiger partial charge in [0.2, 0.25) is 5.91 Å². The summed E-state index contributed by atoms with van der Waals surface area (Å²) in [6.07, 6.45) is 1.61. The van der Waals surface area contributed by atoms with E-state index < -0.39 is 0 Å². The number of hydrogen-bond donors (Lipinski definition) is 2. The summed E-state index contributed by atoms with van der Waals surface area (Å²) in [5.41, 5.74) is 1.15. The lowest BCUT2D eigenvalue weighted by molar-refractivity contribution is -0.114. The number of pyridine rings is 1. The highest BCUT2D eigenvalue weighted by Gasteiger charge is 2.06. The highest BCUT2D eigenvalue weighted by Crippen LogP contribution is 2.11. The minimum absolute atomic E-state index is 0.148. The number of aromatic nitrogens is 1. The molecule has 0 aliphatic rings. The zero-order valence-corrected chi connectivity index (χ0v) is 10.4. The molecule has 0 fully saturated rings. The molecule has 0 spiro atoms.